The average molecular weight is 225 g/mol. The van der Waals surface area contributed by atoms with Gasteiger partial charge in [-0.05, 0) is 45.8 Å². The van der Waals surface area contributed by atoms with Gasteiger partial charge in [0, 0.05) is 24.2 Å². The fourth-order valence-corrected chi connectivity index (χ4v) is 3.99. The highest BCUT2D eigenvalue weighted by atomic mass is 15.3. The van der Waals surface area contributed by atoms with E-state index < -0.39 is 0 Å². The van der Waals surface area contributed by atoms with Crippen LogP contribution in [0.3, 0.4) is 0 Å². The fourth-order valence-electron chi connectivity index (χ4n) is 3.99. The highest BCUT2D eigenvalue weighted by Crippen LogP contribution is 2.42. The predicted molar refractivity (Wildman–Crippen MR) is 68.5 cm³/mol. The summed E-state index contributed by atoms with van der Waals surface area (Å²) in [7, 11) is 2.30. The molecule has 2 aliphatic heterocycles. The van der Waals surface area contributed by atoms with Crippen LogP contribution in [0.1, 0.15) is 39.5 Å². The molecule has 0 radical (unpaired) electrons. The van der Waals surface area contributed by atoms with Crippen LogP contribution in [-0.2, 0) is 0 Å². The number of nitrogens with two attached hydrogens (primary N) is 1. The van der Waals surface area contributed by atoms with Crippen LogP contribution < -0.4 is 5.73 Å². The average Bonchev–Trinajstić information content (AvgIpc) is 2.55. The Morgan fingerprint density at radius 2 is 1.69 bits per heavy atom. The minimum atomic E-state index is 0.293. The summed E-state index contributed by atoms with van der Waals surface area (Å²) in [6.45, 7) is 7.63. The monoisotopic (exact) mass is 225 g/mol. The Hall–Kier alpha value is -0.120. The molecule has 3 heteroatoms. The number of likely N-dealkylation sites (N-methyl/N-ethyl adjacent to an activating group) is 1. The van der Waals surface area contributed by atoms with Crippen molar-refractivity contribution in [1.82, 2.24) is 9.80 Å². The van der Waals surface area contributed by atoms with Gasteiger partial charge in [-0.15, -0.1) is 0 Å². The van der Waals surface area contributed by atoms with Gasteiger partial charge in [-0.25, -0.2) is 0 Å². The van der Waals surface area contributed by atoms with Gasteiger partial charge in [-0.3, -0.25) is 4.90 Å². The first kappa shape index (κ1) is 12.3. The van der Waals surface area contributed by atoms with Gasteiger partial charge in [0.2, 0.25) is 0 Å². The van der Waals surface area contributed by atoms with Gasteiger partial charge in [0.25, 0.3) is 0 Å². The smallest absolute Gasteiger partial charge is 0.0361 e. The van der Waals surface area contributed by atoms with E-state index in [2.05, 4.69) is 30.7 Å². The van der Waals surface area contributed by atoms with E-state index in [0.717, 1.165) is 31.7 Å². The highest BCUT2D eigenvalue weighted by molar-refractivity contribution is 5.06. The topological polar surface area (TPSA) is 32.5 Å². The molecule has 2 N–H and O–H groups in total. The van der Waals surface area contributed by atoms with Crippen molar-refractivity contribution in [1.29, 1.82) is 0 Å². The quantitative estimate of drug-likeness (QED) is 0.782. The van der Waals surface area contributed by atoms with Crippen molar-refractivity contribution in [2.45, 2.75) is 57.2 Å². The molecule has 0 aromatic heterocycles. The van der Waals surface area contributed by atoms with Crippen LogP contribution in [0.5, 0.6) is 0 Å². The van der Waals surface area contributed by atoms with E-state index in [9.17, 15) is 0 Å². The molecule has 0 saturated carbocycles. The second-order valence-corrected chi connectivity index (χ2v) is 5.56. The maximum Gasteiger partial charge on any atom is 0.0361 e. The third-order valence-electron chi connectivity index (χ3n) is 5.03. The van der Waals surface area contributed by atoms with Gasteiger partial charge < -0.3 is 10.6 Å². The molecular weight excluding hydrogens is 198 g/mol. The lowest BCUT2D eigenvalue weighted by Crippen LogP contribution is -2.61. The summed E-state index contributed by atoms with van der Waals surface area (Å²) < 4.78 is 0. The first-order chi connectivity index (χ1) is 7.66. The van der Waals surface area contributed by atoms with E-state index in [0.29, 0.717) is 5.54 Å². The minimum absolute atomic E-state index is 0.293. The lowest BCUT2D eigenvalue weighted by atomic mass is 9.81. The van der Waals surface area contributed by atoms with Gasteiger partial charge in [0.05, 0.1) is 0 Å². The molecule has 2 aliphatic rings. The molecule has 16 heavy (non-hydrogen) atoms. The Morgan fingerprint density at radius 1 is 1.19 bits per heavy atom. The maximum atomic E-state index is 6.13. The molecule has 2 heterocycles. The normalized spacial score (nSPS) is 39.6. The summed E-state index contributed by atoms with van der Waals surface area (Å²) in [5.74, 6) is 0. The molecule has 2 bridgehead atoms. The number of hydrogen-bond donors (Lipinski definition) is 1. The molecule has 0 aliphatic carbocycles. The molecule has 0 aromatic carbocycles. The Kier molecular flexibility index (Phi) is 3.57. The van der Waals surface area contributed by atoms with Crippen molar-refractivity contribution in [2.75, 3.05) is 26.7 Å². The van der Waals surface area contributed by atoms with Gasteiger partial charge in [-0.1, -0.05) is 13.8 Å². The molecule has 2 saturated heterocycles. The second kappa shape index (κ2) is 4.63. The lowest BCUT2D eigenvalue weighted by Gasteiger charge is -2.50. The minimum Gasteiger partial charge on any atom is -0.329 e. The zero-order chi connectivity index (χ0) is 11.8. The van der Waals surface area contributed by atoms with Crippen LogP contribution in [0.2, 0.25) is 0 Å². The number of hydrogen-bond acceptors (Lipinski definition) is 3. The Bertz CT molecular complexity index is 223. The van der Waals surface area contributed by atoms with E-state index in [-0.39, 0.29) is 0 Å². The van der Waals surface area contributed by atoms with Gasteiger partial charge in [0.15, 0.2) is 0 Å². The maximum absolute atomic E-state index is 6.13. The van der Waals surface area contributed by atoms with E-state index in [1.165, 1.54) is 25.7 Å². The molecule has 94 valence electrons. The van der Waals surface area contributed by atoms with Crippen LogP contribution in [0, 0.1) is 0 Å². The number of piperidine rings is 1. The summed E-state index contributed by atoms with van der Waals surface area (Å²) in [6, 6.07) is 1.56. The van der Waals surface area contributed by atoms with Crippen molar-refractivity contribution in [3.8, 4) is 0 Å². The van der Waals surface area contributed by atoms with Crippen LogP contribution >= 0.6 is 0 Å². The summed E-state index contributed by atoms with van der Waals surface area (Å²) in [5.41, 5.74) is 6.42. The standard InChI is InChI=1S/C13H27N3/c1-4-16(5-2)13(10-14)8-11-6-7-12(9-13)15(11)3/h11-12H,4-10,14H2,1-3H3. The lowest BCUT2D eigenvalue weighted by molar-refractivity contribution is 0.00677. The zero-order valence-electron chi connectivity index (χ0n) is 11.1. The molecule has 2 unspecified atom stereocenters. The molecule has 0 aromatic rings. The predicted octanol–water partition coefficient (Wildman–Crippen LogP) is 1.28. The van der Waals surface area contributed by atoms with Crippen LogP contribution in [-0.4, -0.2) is 54.1 Å². The highest BCUT2D eigenvalue weighted by Gasteiger charge is 2.48. The molecule has 0 amide bonds. The fraction of sp³-hybridized carbons (Fsp3) is 1.00. The first-order valence-corrected chi connectivity index (χ1v) is 6.84. The summed E-state index contributed by atoms with van der Waals surface area (Å²) >= 11 is 0. The van der Waals surface area contributed by atoms with E-state index in [1.807, 2.05) is 0 Å². The molecule has 2 atom stereocenters. The van der Waals surface area contributed by atoms with Crippen molar-refractivity contribution in [3.63, 3.8) is 0 Å². The van der Waals surface area contributed by atoms with Crippen molar-refractivity contribution in [2.24, 2.45) is 5.73 Å². The summed E-state index contributed by atoms with van der Waals surface area (Å²) in [4.78, 5) is 5.20. The largest absolute Gasteiger partial charge is 0.329 e. The van der Waals surface area contributed by atoms with E-state index in [1.54, 1.807) is 0 Å². The van der Waals surface area contributed by atoms with E-state index >= 15 is 0 Å². The molecular formula is C13H27N3. The van der Waals surface area contributed by atoms with Crippen LogP contribution in [0.15, 0.2) is 0 Å². The summed E-state index contributed by atoms with van der Waals surface area (Å²) in [6.07, 6.45) is 5.31. The Morgan fingerprint density at radius 3 is 2.06 bits per heavy atom. The van der Waals surface area contributed by atoms with Gasteiger partial charge in [0.1, 0.15) is 0 Å². The van der Waals surface area contributed by atoms with E-state index in [4.69, 9.17) is 5.73 Å². The van der Waals surface area contributed by atoms with Crippen LogP contribution in [0.25, 0.3) is 0 Å². The zero-order valence-corrected chi connectivity index (χ0v) is 11.1. The Balaban J connectivity index is 2.17. The number of nitrogens with zero attached hydrogens (tertiary/aromatic N) is 2. The molecule has 2 fully saturated rings. The van der Waals surface area contributed by atoms with Crippen molar-refractivity contribution >= 4 is 0 Å². The van der Waals surface area contributed by atoms with Crippen molar-refractivity contribution < 1.29 is 0 Å². The number of rotatable bonds is 4. The third kappa shape index (κ3) is 1.79. The molecule has 0 spiro atoms. The van der Waals surface area contributed by atoms with Crippen molar-refractivity contribution in [3.05, 3.63) is 0 Å². The molecule has 3 nitrogen and oxygen atoms in total. The third-order valence-corrected chi connectivity index (χ3v) is 5.03. The van der Waals surface area contributed by atoms with Gasteiger partial charge >= 0.3 is 0 Å². The Labute approximate surface area is 100.0 Å². The SMILES string of the molecule is CCN(CC)C1(CN)CC2CCC(C1)N2C. The van der Waals surface area contributed by atoms with Crippen LogP contribution in [0.4, 0.5) is 0 Å². The second-order valence-electron chi connectivity index (χ2n) is 5.56. The van der Waals surface area contributed by atoms with Gasteiger partial charge in [-0.2, -0.15) is 0 Å². The first-order valence-electron chi connectivity index (χ1n) is 6.84. The summed E-state index contributed by atoms with van der Waals surface area (Å²) in [5, 5.41) is 0. The molecule has 2 rings (SSSR count). The number of fused-ring (bicyclic) bond motifs is 2.